The number of nitrogens with zero attached hydrogens (tertiary/aromatic N) is 3. The molecule has 7 heteroatoms. The van der Waals surface area contributed by atoms with Crippen LogP contribution < -0.4 is 0 Å². The Morgan fingerprint density at radius 2 is 2.08 bits per heavy atom. The number of furan rings is 1. The number of carbonyl (C=O) groups excluding carboxylic acids is 1. The van der Waals surface area contributed by atoms with Gasteiger partial charge in [0.2, 0.25) is 11.7 Å². The highest BCUT2D eigenvalue weighted by Crippen LogP contribution is 2.30. The maximum Gasteiger partial charge on any atom is 0.255 e. The fraction of sp³-hybridized carbons (Fsp3) is 0.235. The summed E-state index contributed by atoms with van der Waals surface area (Å²) in [7, 11) is 0. The number of hydrogen-bond acceptors (Lipinski definition) is 6. The van der Waals surface area contributed by atoms with E-state index >= 15 is 0 Å². The zero-order chi connectivity index (χ0) is 16.5. The average Bonchev–Trinajstić information content (AvgIpc) is 3.24. The summed E-state index contributed by atoms with van der Waals surface area (Å²) in [6.45, 7) is 1.17. The Hall–Kier alpha value is -2.54. The highest BCUT2D eigenvalue weighted by molar-refractivity contribution is 7.98. The van der Waals surface area contributed by atoms with Crippen molar-refractivity contribution in [3.63, 3.8) is 0 Å². The van der Waals surface area contributed by atoms with Gasteiger partial charge in [0.1, 0.15) is 0 Å². The van der Waals surface area contributed by atoms with Crippen LogP contribution in [0.5, 0.6) is 0 Å². The van der Waals surface area contributed by atoms with Crippen molar-refractivity contribution in [1.82, 2.24) is 15.0 Å². The van der Waals surface area contributed by atoms with Crippen molar-refractivity contribution in [2.45, 2.75) is 10.8 Å². The molecule has 3 heterocycles. The van der Waals surface area contributed by atoms with Crippen LogP contribution in [0, 0.1) is 0 Å². The van der Waals surface area contributed by atoms with Gasteiger partial charge in [0, 0.05) is 18.0 Å². The molecule has 24 heavy (non-hydrogen) atoms. The third-order valence-corrected chi connectivity index (χ3v) is 4.83. The quantitative estimate of drug-likeness (QED) is 0.678. The molecule has 0 saturated carbocycles. The van der Waals surface area contributed by atoms with E-state index in [-0.39, 0.29) is 11.8 Å². The van der Waals surface area contributed by atoms with Crippen molar-refractivity contribution in [3.8, 4) is 11.6 Å². The Balaban J connectivity index is 1.44. The Bertz CT molecular complexity index is 854. The summed E-state index contributed by atoms with van der Waals surface area (Å²) in [5.41, 5.74) is 0.741. The second kappa shape index (κ2) is 6.16. The number of hydrogen-bond donors (Lipinski definition) is 0. The average molecular weight is 341 g/mol. The molecule has 0 radical (unpaired) electrons. The zero-order valence-corrected chi connectivity index (χ0v) is 13.8. The van der Waals surface area contributed by atoms with Crippen molar-refractivity contribution in [2.75, 3.05) is 19.3 Å². The van der Waals surface area contributed by atoms with Crippen LogP contribution in [0.4, 0.5) is 0 Å². The molecule has 6 nitrogen and oxygen atoms in total. The molecule has 0 unspecified atom stereocenters. The van der Waals surface area contributed by atoms with E-state index in [0.717, 1.165) is 10.5 Å². The molecule has 122 valence electrons. The van der Waals surface area contributed by atoms with Crippen LogP contribution in [0.2, 0.25) is 0 Å². The number of benzene rings is 1. The van der Waals surface area contributed by atoms with E-state index < -0.39 is 0 Å². The molecule has 1 aliphatic rings. The summed E-state index contributed by atoms with van der Waals surface area (Å²) in [6.07, 6.45) is 3.54. The largest absolute Gasteiger partial charge is 0.461 e. The first kappa shape index (κ1) is 15.0. The maximum atomic E-state index is 12.6. The van der Waals surface area contributed by atoms with Gasteiger partial charge in [-0.3, -0.25) is 4.79 Å². The van der Waals surface area contributed by atoms with Crippen LogP contribution in [-0.2, 0) is 0 Å². The predicted molar refractivity (Wildman–Crippen MR) is 88.9 cm³/mol. The third kappa shape index (κ3) is 2.60. The molecule has 0 N–H and O–H groups in total. The van der Waals surface area contributed by atoms with Gasteiger partial charge < -0.3 is 13.8 Å². The van der Waals surface area contributed by atoms with Crippen molar-refractivity contribution >= 4 is 17.7 Å². The minimum absolute atomic E-state index is 0.0435. The second-order valence-corrected chi connectivity index (χ2v) is 6.39. The molecule has 1 amide bonds. The first-order valence-electron chi connectivity index (χ1n) is 7.56. The van der Waals surface area contributed by atoms with Crippen molar-refractivity contribution in [1.29, 1.82) is 0 Å². The first-order valence-corrected chi connectivity index (χ1v) is 8.78. The van der Waals surface area contributed by atoms with E-state index in [0.29, 0.717) is 30.6 Å². The van der Waals surface area contributed by atoms with E-state index in [1.807, 2.05) is 30.5 Å². The fourth-order valence-electron chi connectivity index (χ4n) is 2.70. The highest BCUT2D eigenvalue weighted by Gasteiger charge is 2.36. The Kier molecular flexibility index (Phi) is 3.86. The van der Waals surface area contributed by atoms with E-state index in [4.69, 9.17) is 8.94 Å². The molecule has 1 aliphatic heterocycles. The van der Waals surface area contributed by atoms with Crippen LogP contribution in [0.15, 0.2) is 56.5 Å². The lowest BCUT2D eigenvalue weighted by Gasteiger charge is -2.37. The Morgan fingerprint density at radius 1 is 1.25 bits per heavy atom. The lowest BCUT2D eigenvalue weighted by atomic mass is 9.98. The molecule has 4 rings (SSSR count). The Labute approximate surface area is 142 Å². The van der Waals surface area contributed by atoms with Gasteiger partial charge in [-0.1, -0.05) is 17.3 Å². The number of amides is 1. The minimum atomic E-state index is 0.0435. The Morgan fingerprint density at radius 3 is 2.83 bits per heavy atom. The van der Waals surface area contributed by atoms with Gasteiger partial charge in [0.05, 0.1) is 17.7 Å². The van der Waals surface area contributed by atoms with Gasteiger partial charge in [0.15, 0.2) is 5.76 Å². The summed E-state index contributed by atoms with van der Waals surface area (Å²) < 4.78 is 10.6. The van der Waals surface area contributed by atoms with Crippen LogP contribution >= 0.6 is 11.8 Å². The van der Waals surface area contributed by atoms with Gasteiger partial charge in [-0.15, -0.1) is 11.8 Å². The van der Waals surface area contributed by atoms with Crippen LogP contribution in [0.1, 0.15) is 22.2 Å². The van der Waals surface area contributed by atoms with Crippen LogP contribution in [0.3, 0.4) is 0 Å². The molecular weight excluding hydrogens is 326 g/mol. The molecule has 0 atom stereocenters. The molecule has 1 aromatic carbocycles. The smallest absolute Gasteiger partial charge is 0.255 e. The van der Waals surface area contributed by atoms with Gasteiger partial charge in [-0.2, -0.15) is 4.98 Å². The number of likely N-dealkylation sites (tertiary alicyclic amines) is 1. The summed E-state index contributed by atoms with van der Waals surface area (Å²) in [5.74, 6) is 1.68. The summed E-state index contributed by atoms with van der Waals surface area (Å²) >= 11 is 1.58. The standard InChI is InChI=1S/C17H15N3O3S/c1-24-14-7-3-2-5-12(14)17(21)20-9-11(10-20)16-18-15(19-23-16)13-6-4-8-22-13/h2-8,11H,9-10H2,1H3. The molecule has 0 aliphatic carbocycles. The second-order valence-electron chi connectivity index (χ2n) is 5.54. The monoisotopic (exact) mass is 341 g/mol. The number of aromatic nitrogens is 2. The highest BCUT2D eigenvalue weighted by atomic mass is 32.2. The van der Waals surface area contributed by atoms with Gasteiger partial charge >= 0.3 is 0 Å². The van der Waals surface area contributed by atoms with Crippen LogP contribution in [-0.4, -0.2) is 40.3 Å². The number of rotatable bonds is 4. The van der Waals surface area contributed by atoms with Crippen molar-refractivity contribution < 1.29 is 13.7 Å². The van der Waals surface area contributed by atoms with Gasteiger partial charge in [-0.25, -0.2) is 0 Å². The normalized spacial score (nSPS) is 14.6. The van der Waals surface area contributed by atoms with E-state index in [1.165, 1.54) is 0 Å². The minimum Gasteiger partial charge on any atom is -0.461 e. The maximum absolute atomic E-state index is 12.6. The van der Waals surface area contributed by atoms with Crippen molar-refractivity contribution in [3.05, 3.63) is 54.1 Å². The SMILES string of the molecule is CSc1ccccc1C(=O)N1CC(c2nc(-c3ccco3)no2)C1. The summed E-state index contributed by atoms with van der Waals surface area (Å²) in [4.78, 5) is 19.8. The topological polar surface area (TPSA) is 72.4 Å². The fourth-order valence-corrected chi connectivity index (χ4v) is 3.29. The summed E-state index contributed by atoms with van der Waals surface area (Å²) in [6, 6.07) is 11.2. The first-order chi connectivity index (χ1) is 11.8. The summed E-state index contributed by atoms with van der Waals surface area (Å²) in [5, 5.41) is 3.93. The lowest BCUT2D eigenvalue weighted by molar-refractivity contribution is 0.0565. The van der Waals surface area contributed by atoms with E-state index in [2.05, 4.69) is 10.1 Å². The zero-order valence-electron chi connectivity index (χ0n) is 13.0. The van der Waals surface area contributed by atoms with Crippen molar-refractivity contribution in [2.24, 2.45) is 0 Å². The molecule has 1 fully saturated rings. The molecule has 0 spiro atoms. The number of thioether (sulfide) groups is 1. The van der Waals surface area contributed by atoms with Gasteiger partial charge in [0.25, 0.3) is 5.91 Å². The molecule has 1 saturated heterocycles. The number of carbonyl (C=O) groups is 1. The van der Waals surface area contributed by atoms with Crippen LogP contribution in [0.25, 0.3) is 11.6 Å². The van der Waals surface area contributed by atoms with E-state index in [1.54, 1.807) is 35.1 Å². The van der Waals surface area contributed by atoms with Gasteiger partial charge in [-0.05, 0) is 30.5 Å². The predicted octanol–water partition coefficient (Wildman–Crippen LogP) is 3.29. The molecule has 3 aromatic rings. The van der Waals surface area contributed by atoms with E-state index in [9.17, 15) is 4.79 Å². The third-order valence-electron chi connectivity index (χ3n) is 4.04. The molecule has 2 aromatic heterocycles. The lowest BCUT2D eigenvalue weighted by Crippen LogP contribution is -2.48. The molecular formula is C17H15N3O3S. The molecule has 0 bridgehead atoms.